The van der Waals surface area contributed by atoms with E-state index in [4.69, 9.17) is 9.47 Å². The Kier molecular flexibility index (Phi) is 6.41. The number of alkyl carbamates (subject to hydrolysis) is 1. The maximum absolute atomic E-state index is 12.2. The van der Waals surface area contributed by atoms with Gasteiger partial charge in [-0.1, -0.05) is 121 Å². The number of carbonyl (C=O) groups excluding carboxylic acids is 1. The van der Waals surface area contributed by atoms with Gasteiger partial charge in [0.05, 0.1) is 12.6 Å². The maximum Gasteiger partial charge on any atom is 0.407 e. The van der Waals surface area contributed by atoms with Gasteiger partial charge < -0.3 is 14.8 Å². The summed E-state index contributed by atoms with van der Waals surface area (Å²) < 4.78 is 12.5. The van der Waals surface area contributed by atoms with Gasteiger partial charge in [-0.2, -0.15) is 0 Å². The van der Waals surface area contributed by atoms with Crippen molar-refractivity contribution in [2.75, 3.05) is 6.61 Å². The second kappa shape index (κ2) is 9.94. The first-order valence-electron chi connectivity index (χ1n) is 11.6. The fourth-order valence-corrected chi connectivity index (χ4v) is 4.67. The van der Waals surface area contributed by atoms with Gasteiger partial charge in [0.25, 0.3) is 0 Å². The number of benzene rings is 4. The van der Waals surface area contributed by atoms with Crippen molar-refractivity contribution in [3.05, 3.63) is 144 Å². The molecule has 0 aromatic heterocycles. The number of amides is 1. The minimum Gasteiger partial charge on any atom is -0.442 e. The monoisotopic (exact) mass is 449 g/mol. The van der Waals surface area contributed by atoms with E-state index in [9.17, 15) is 4.79 Å². The Balaban J connectivity index is 1.52. The Morgan fingerprint density at radius 3 is 1.59 bits per heavy atom. The topological polar surface area (TPSA) is 47.6 Å². The minimum atomic E-state index is -0.851. The van der Waals surface area contributed by atoms with Crippen LogP contribution >= 0.6 is 0 Å². The van der Waals surface area contributed by atoms with Gasteiger partial charge in [0, 0.05) is 0 Å². The number of ether oxygens (including phenoxy) is 2. The largest absolute Gasteiger partial charge is 0.442 e. The van der Waals surface area contributed by atoms with Gasteiger partial charge in [0.15, 0.2) is 0 Å². The Morgan fingerprint density at radius 2 is 1.12 bits per heavy atom. The fraction of sp³-hybridized carbons (Fsp3) is 0.167. The Morgan fingerprint density at radius 1 is 0.676 bits per heavy atom. The molecular formula is C30H27NO3. The molecule has 0 unspecified atom stereocenters. The fourth-order valence-electron chi connectivity index (χ4n) is 4.67. The van der Waals surface area contributed by atoms with E-state index in [1.54, 1.807) is 0 Å². The average Bonchev–Trinajstić information content (AvgIpc) is 3.25. The molecule has 0 radical (unpaired) electrons. The van der Waals surface area contributed by atoms with Gasteiger partial charge in [-0.3, -0.25) is 0 Å². The van der Waals surface area contributed by atoms with E-state index < -0.39 is 17.8 Å². The third-order valence-corrected chi connectivity index (χ3v) is 6.31. The number of rotatable bonds is 8. The first-order chi connectivity index (χ1) is 16.8. The molecule has 1 aliphatic heterocycles. The van der Waals surface area contributed by atoms with Gasteiger partial charge >= 0.3 is 6.09 Å². The van der Waals surface area contributed by atoms with Gasteiger partial charge in [0.2, 0.25) is 0 Å². The highest BCUT2D eigenvalue weighted by Crippen LogP contribution is 2.40. The average molecular weight is 450 g/mol. The molecule has 1 fully saturated rings. The van der Waals surface area contributed by atoms with Crippen LogP contribution in [0.25, 0.3) is 0 Å². The van der Waals surface area contributed by atoms with Crippen molar-refractivity contribution in [2.24, 2.45) is 0 Å². The van der Waals surface area contributed by atoms with Crippen molar-refractivity contribution in [1.82, 2.24) is 5.32 Å². The lowest BCUT2D eigenvalue weighted by Gasteiger charge is -2.37. The van der Waals surface area contributed by atoms with Gasteiger partial charge in [-0.15, -0.1) is 0 Å². The quantitative estimate of drug-likeness (QED) is 0.350. The molecule has 170 valence electrons. The summed E-state index contributed by atoms with van der Waals surface area (Å²) >= 11 is 0. The lowest BCUT2D eigenvalue weighted by Crippen LogP contribution is -2.40. The van der Waals surface area contributed by atoms with Crippen LogP contribution in [0.2, 0.25) is 0 Å². The van der Waals surface area contributed by atoms with Crippen LogP contribution in [0.4, 0.5) is 4.79 Å². The molecule has 4 nitrogen and oxygen atoms in total. The lowest BCUT2D eigenvalue weighted by molar-refractivity contribution is -0.0363. The SMILES string of the molecule is O=C1N[C@H](Cc2ccccc2)[C@@H](COC(c2ccccc2)(c2ccccc2)c2ccccc2)O1. The Hall–Kier alpha value is -3.89. The van der Waals surface area contributed by atoms with E-state index in [2.05, 4.69) is 53.8 Å². The normalized spacial score (nSPS) is 17.7. The van der Waals surface area contributed by atoms with E-state index in [1.165, 1.54) is 0 Å². The predicted molar refractivity (Wildman–Crippen MR) is 132 cm³/mol. The van der Waals surface area contributed by atoms with Crippen LogP contribution < -0.4 is 5.32 Å². The molecule has 1 amide bonds. The zero-order valence-electron chi connectivity index (χ0n) is 18.8. The van der Waals surface area contributed by atoms with Crippen molar-refractivity contribution < 1.29 is 14.3 Å². The molecule has 1 N–H and O–H groups in total. The van der Waals surface area contributed by atoms with Crippen LogP contribution in [0.5, 0.6) is 0 Å². The molecule has 0 saturated carbocycles. The third kappa shape index (κ3) is 4.45. The Bertz CT molecular complexity index is 1100. The first kappa shape index (κ1) is 21.9. The summed E-state index contributed by atoms with van der Waals surface area (Å²) in [6.45, 7) is 0.245. The van der Waals surface area contributed by atoms with Crippen LogP contribution in [0.15, 0.2) is 121 Å². The molecule has 2 atom stereocenters. The van der Waals surface area contributed by atoms with Crippen LogP contribution in [0.1, 0.15) is 22.3 Å². The zero-order chi connectivity index (χ0) is 23.2. The van der Waals surface area contributed by atoms with E-state index in [0.29, 0.717) is 6.42 Å². The second-order valence-electron chi connectivity index (χ2n) is 8.47. The van der Waals surface area contributed by atoms with Gasteiger partial charge in [0.1, 0.15) is 11.7 Å². The summed E-state index contributed by atoms with van der Waals surface area (Å²) in [4.78, 5) is 12.2. The molecule has 0 bridgehead atoms. The first-order valence-corrected chi connectivity index (χ1v) is 11.6. The van der Waals surface area contributed by atoms with Crippen molar-refractivity contribution in [3.8, 4) is 0 Å². The molecule has 4 heteroatoms. The predicted octanol–water partition coefficient (Wildman–Crippen LogP) is 5.71. The van der Waals surface area contributed by atoms with E-state index in [0.717, 1.165) is 22.3 Å². The minimum absolute atomic E-state index is 0.171. The van der Waals surface area contributed by atoms with Crippen molar-refractivity contribution in [1.29, 1.82) is 0 Å². The molecule has 1 heterocycles. The van der Waals surface area contributed by atoms with E-state index in [1.807, 2.05) is 72.8 Å². The van der Waals surface area contributed by atoms with Crippen LogP contribution in [0.3, 0.4) is 0 Å². The van der Waals surface area contributed by atoms with Gasteiger partial charge in [-0.05, 0) is 28.7 Å². The molecule has 5 rings (SSSR count). The number of nitrogens with one attached hydrogen (secondary N) is 1. The number of cyclic esters (lactones) is 1. The lowest BCUT2D eigenvalue weighted by atomic mass is 9.80. The van der Waals surface area contributed by atoms with Crippen LogP contribution in [-0.4, -0.2) is 24.8 Å². The highest BCUT2D eigenvalue weighted by Gasteiger charge is 2.41. The zero-order valence-corrected chi connectivity index (χ0v) is 18.8. The second-order valence-corrected chi connectivity index (χ2v) is 8.47. The molecule has 34 heavy (non-hydrogen) atoms. The molecular weight excluding hydrogens is 422 g/mol. The summed E-state index contributed by atoms with van der Waals surface area (Å²) in [6.07, 6.45) is -0.141. The highest BCUT2D eigenvalue weighted by molar-refractivity contribution is 5.70. The molecule has 0 aliphatic carbocycles. The molecule has 4 aromatic carbocycles. The molecule has 4 aromatic rings. The summed E-state index contributed by atoms with van der Waals surface area (Å²) in [5, 5.41) is 2.97. The van der Waals surface area contributed by atoms with E-state index >= 15 is 0 Å². The van der Waals surface area contributed by atoms with Crippen LogP contribution in [0, 0.1) is 0 Å². The third-order valence-electron chi connectivity index (χ3n) is 6.31. The molecule has 1 aliphatic rings. The summed E-state index contributed by atoms with van der Waals surface area (Å²) in [7, 11) is 0. The van der Waals surface area contributed by atoms with Crippen LogP contribution in [-0.2, 0) is 21.5 Å². The maximum atomic E-state index is 12.2. The van der Waals surface area contributed by atoms with Crippen molar-refractivity contribution in [2.45, 2.75) is 24.2 Å². The Labute approximate surface area is 200 Å². The molecule has 1 saturated heterocycles. The summed E-state index contributed by atoms with van der Waals surface area (Å²) in [5.41, 5.74) is 3.34. The number of hydrogen-bond acceptors (Lipinski definition) is 3. The number of hydrogen-bond donors (Lipinski definition) is 1. The van der Waals surface area contributed by atoms with Gasteiger partial charge in [-0.25, -0.2) is 4.79 Å². The van der Waals surface area contributed by atoms with E-state index in [-0.39, 0.29) is 12.6 Å². The summed E-state index contributed by atoms with van der Waals surface area (Å²) in [6, 6.07) is 40.6. The smallest absolute Gasteiger partial charge is 0.407 e. The molecule has 0 spiro atoms. The standard InChI is InChI=1S/C30H27NO3/c32-29-31-27(21-23-13-5-1-6-14-23)28(34-29)22-33-30(24-15-7-2-8-16-24,25-17-9-3-10-18-25)26-19-11-4-12-20-26/h1-20,27-28H,21-22H2,(H,31,32)/t27-,28-/m1/s1. The van der Waals surface area contributed by atoms with Crippen molar-refractivity contribution in [3.63, 3.8) is 0 Å². The highest BCUT2D eigenvalue weighted by atomic mass is 16.6. The summed E-state index contributed by atoms with van der Waals surface area (Å²) in [5.74, 6) is 0. The van der Waals surface area contributed by atoms with Crippen molar-refractivity contribution >= 4 is 6.09 Å². The number of carbonyl (C=O) groups is 1.